The Balaban J connectivity index is 1.63. The third-order valence-corrected chi connectivity index (χ3v) is 10.8. The monoisotopic (exact) mass is 662 g/mol. The first kappa shape index (κ1) is 38.0. The predicted molar refractivity (Wildman–Crippen MR) is 217 cm³/mol. The number of benzene rings is 3. The topological polar surface area (TPSA) is 12.7 Å². The molecule has 0 saturated carbocycles. The van der Waals surface area contributed by atoms with Gasteiger partial charge in [-0.25, -0.2) is 4.58 Å². The highest BCUT2D eigenvalue weighted by molar-refractivity contribution is 5.93. The SMILES string of the molecule is CCN(CC)c1ccc(C(CCCC(c2ccc(N(CC)CC)cc2)c2ccc(N(CC)CC)cc2)C2=CCC(=[N+](CC)CC)C=C2)cc1. The lowest BCUT2D eigenvalue weighted by Crippen LogP contribution is -2.22. The molecule has 1 atom stereocenters. The molecule has 1 aliphatic rings. The van der Waals surface area contributed by atoms with Gasteiger partial charge >= 0.3 is 0 Å². The fourth-order valence-corrected chi connectivity index (χ4v) is 7.77. The molecule has 0 aromatic heterocycles. The molecule has 264 valence electrons. The molecule has 0 fully saturated rings. The van der Waals surface area contributed by atoms with Crippen LogP contribution in [0.2, 0.25) is 0 Å². The largest absolute Gasteiger partial charge is 0.372 e. The highest BCUT2D eigenvalue weighted by Crippen LogP contribution is 2.37. The lowest BCUT2D eigenvalue weighted by Gasteiger charge is -2.26. The molecule has 0 spiro atoms. The highest BCUT2D eigenvalue weighted by atomic mass is 15.1. The second-order valence-corrected chi connectivity index (χ2v) is 13.2. The summed E-state index contributed by atoms with van der Waals surface area (Å²) >= 11 is 0. The van der Waals surface area contributed by atoms with E-state index in [-0.39, 0.29) is 0 Å². The standard InChI is InChI=1S/C45H65N4/c1-9-46(10-2)40-28-20-36(21-29-40)44(37-22-30-41(31-23-37)47(11-3)12-4)18-17-19-45(38-24-32-42(33-25-38)48(13-5)14-6)39-26-34-43(35-27-39)49(15-7)16-8/h20-34,44-45H,9-19,35H2,1-8H3/q+1. The van der Waals surface area contributed by atoms with Crippen molar-refractivity contribution in [2.24, 2.45) is 0 Å². The molecule has 0 saturated heterocycles. The molecule has 4 nitrogen and oxygen atoms in total. The maximum Gasteiger partial charge on any atom is 0.179 e. The predicted octanol–water partition coefficient (Wildman–Crippen LogP) is 10.7. The summed E-state index contributed by atoms with van der Waals surface area (Å²) in [6, 6.07) is 28.4. The average molecular weight is 662 g/mol. The highest BCUT2D eigenvalue weighted by Gasteiger charge is 2.22. The summed E-state index contributed by atoms with van der Waals surface area (Å²) in [5.74, 6) is 0.747. The molecule has 0 heterocycles. The Morgan fingerprint density at radius 3 is 1.18 bits per heavy atom. The van der Waals surface area contributed by atoms with E-state index >= 15 is 0 Å². The quantitative estimate of drug-likeness (QED) is 0.119. The van der Waals surface area contributed by atoms with Crippen LogP contribution in [0.25, 0.3) is 0 Å². The van der Waals surface area contributed by atoms with E-state index in [1.807, 2.05) is 0 Å². The lowest BCUT2D eigenvalue weighted by molar-refractivity contribution is -0.520. The molecular weight excluding hydrogens is 597 g/mol. The maximum atomic E-state index is 2.51. The fraction of sp³-hybridized carbons (Fsp3) is 0.489. The van der Waals surface area contributed by atoms with E-state index in [1.165, 1.54) is 45.0 Å². The van der Waals surface area contributed by atoms with Crippen molar-refractivity contribution in [1.29, 1.82) is 0 Å². The van der Waals surface area contributed by atoms with Gasteiger partial charge in [0.05, 0.1) is 6.42 Å². The molecular formula is C45H65N4+. The van der Waals surface area contributed by atoms with Gasteiger partial charge in [-0.15, -0.1) is 0 Å². The summed E-state index contributed by atoms with van der Waals surface area (Å²) in [7, 11) is 0. The van der Waals surface area contributed by atoms with E-state index in [1.54, 1.807) is 0 Å². The van der Waals surface area contributed by atoms with E-state index in [4.69, 9.17) is 0 Å². The first-order valence-electron chi connectivity index (χ1n) is 19.5. The minimum absolute atomic E-state index is 0.362. The van der Waals surface area contributed by atoms with E-state index < -0.39 is 0 Å². The summed E-state index contributed by atoms with van der Waals surface area (Å²) < 4.78 is 2.49. The second-order valence-electron chi connectivity index (χ2n) is 13.2. The molecule has 0 N–H and O–H groups in total. The van der Waals surface area contributed by atoms with Crippen LogP contribution in [0.4, 0.5) is 17.1 Å². The van der Waals surface area contributed by atoms with E-state index in [0.717, 1.165) is 78.0 Å². The fourth-order valence-electron chi connectivity index (χ4n) is 7.77. The zero-order valence-electron chi connectivity index (χ0n) is 32.1. The van der Waals surface area contributed by atoms with Crippen molar-refractivity contribution < 1.29 is 4.58 Å². The van der Waals surface area contributed by atoms with Crippen molar-refractivity contribution in [2.45, 2.75) is 92.9 Å². The summed E-state index contributed by atoms with van der Waals surface area (Å²) in [6.45, 7) is 26.3. The van der Waals surface area contributed by atoms with Gasteiger partial charge in [-0.1, -0.05) is 55.0 Å². The number of anilines is 3. The van der Waals surface area contributed by atoms with Crippen molar-refractivity contribution in [3.63, 3.8) is 0 Å². The van der Waals surface area contributed by atoms with Gasteiger partial charge in [0, 0.05) is 74.2 Å². The van der Waals surface area contributed by atoms with Crippen molar-refractivity contribution in [1.82, 2.24) is 0 Å². The van der Waals surface area contributed by atoms with Gasteiger partial charge in [0.25, 0.3) is 0 Å². The summed E-state index contributed by atoms with van der Waals surface area (Å²) in [6.07, 6.45) is 11.7. The summed E-state index contributed by atoms with van der Waals surface area (Å²) in [5, 5.41) is 0. The molecule has 3 aromatic carbocycles. The Hall–Kier alpha value is -3.79. The van der Waals surface area contributed by atoms with Crippen LogP contribution in [0.1, 0.15) is 110 Å². The molecule has 0 bridgehead atoms. The molecule has 4 heteroatoms. The van der Waals surface area contributed by atoms with Crippen LogP contribution >= 0.6 is 0 Å². The van der Waals surface area contributed by atoms with E-state index in [2.05, 4.69) is 166 Å². The molecule has 0 aliphatic heterocycles. The Labute approximate surface area is 299 Å². The van der Waals surface area contributed by atoms with E-state index in [9.17, 15) is 0 Å². The minimum Gasteiger partial charge on any atom is -0.372 e. The van der Waals surface area contributed by atoms with Gasteiger partial charge in [-0.2, -0.15) is 0 Å². The number of hydrogen-bond donors (Lipinski definition) is 0. The molecule has 1 unspecified atom stereocenters. The van der Waals surface area contributed by atoms with Gasteiger partial charge in [0.1, 0.15) is 13.1 Å². The van der Waals surface area contributed by atoms with Crippen LogP contribution in [0.3, 0.4) is 0 Å². The normalized spacial score (nSPS) is 13.4. The van der Waals surface area contributed by atoms with Gasteiger partial charge in [0.15, 0.2) is 5.71 Å². The Kier molecular flexibility index (Phi) is 15.1. The first-order valence-corrected chi connectivity index (χ1v) is 19.5. The Bertz CT molecular complexity index is 1420. The van der Waals surface area contributed by atoms with E-state index in [0.29, 0.717) is 11.8 Å². The Morgan fingerprint density at radius 2 is 0.857 bits per heavy atom. The van der Waals surface area contributed by atoms with Crippen molar-refractivity contribution >= 4 is 22.8 Å². The molecule has 0 radical (unpaired) electrons. The van der Waals surface area contributed by atoms with Crippen LogP contribution in [-0.4, -0.2) is 62.6 Å². The minimum atomic E-state index is 0.362. The number of hydrogen-bond acceptors (Lipinski definition) is 3. The van der Waals surface area contributed by atoms with Crippen LogP contribution in [0.15, 0.2) is 96.6 Å². The molecule has 49 heavy (non-hydrogen) atoms. The first-order chi connectivity index (χ1) is 23.9. The zero-order chi connectivity index (χ0) is 35.2. The maximum absolute atomic E-state index is 2.51. The van der Waals surface area contributed by atoms with Crippen molar-refractivity contribution in [3.05, 3.63) is 113 Å². The lowest BCUT2D eigenvalue weighted by atomic mass is 9.81. The third kappa shape index (κ3) is 9.68. The molecule has 1 aliphatic carbocycles. The van der Waals surface area contributed by atoms with Crippen LogP contribution in [0, 0.1) is 0 Å². The van der Waals surface area contributed by atoms with Crippen molar-refractivity contribution in [2.75, 3.05) is 67.1 Å². The number of allylic oxidation sites excluding steroid dienone is 4. The smallest absolute Gasteiger partial charge is 0.179 e. The summed E-state index contributed by atoms with van der Waals surface area (Å²) in [5.41, 5.74) is 11.1. The molecule has 3 aromatic rings. The average Bonchev–Trinajstić information content (AvgIpc) is 3.15. The summed E-state index contributed by atoms with van der Waals surface area (Å²) in [4.78, 5) is 7.30. The van der Waals surface area contributed by atoms with Crippen LogP contribution in [-0.2, 0) is 0 Å². The Morgan fingerprint density at radius 1 is 0.490 bits per heavy atom. The van der Waals surface area contributed by atoms with Gasteiger partial charge in [0.2, 0.25) is 0 Å². The molecule has 0 amide bonds. The van der Waals surface area contributed by atoms with Crippen molar-refractivity contribution in [3.8, 4) is 0 Å². The second kappa shape index (κ2) is 19.4. The number of rotatable bonds is 19. The third-order valence-electron chi connectivity index (χ3n) is 10.8. The molecule has 4 rings (SSSR count). The van der Waals surface area contributed by atoms with Gasteiger partial charge in [-0.3, -0.25) is 0 Å². The number of nitrogens with zero attached hydrogens (tertiary/aromatic N) is 4. The van der Waals surface area contributed by atoms with Crippen LogP contribution < -0.4 is 14.7 Å². The van der Waals surface area contributed by atoms with Gasteiger partial charge in [-0.05, 0) is 127 Å². The van der Waals surface area contributed by atoms with Crippen LogP contribution in [0.5, 0.6) is 0 Å². The zero-order valence-corrected chi connectivity index (χ0v) is 32.1. The van der Waals surface area contributed by atoms with Gasteiger partial charge < -0.3 is 14.7 Å².